The van der Waals surface area contributed by atoms with Crippen LogP contribution in [0.4, 0.5) is 10.1 Å². The molecule has 0 aromatic heterocycles. The van der Waals surface area contributed by atoms with Gasteiger partial charge in [0.15, 0.2) is 0 Å². The molecule has 1 aliphatic rings. The van der Waals surface area contributed by atoms with Gasteiger partial charge in [0.05, 0.1) is 6.10 Å². The van der Waals surface area contributed by atoms with E-state index < -0.39 is 5.82 Å². The van der Waals surface area contributed by atoms with Crippen molar-refractivity contribution in [1.82, 2.24) is 0 Å². The molecule has 0 saturated heterocycles. The summed E-state index contributed by atoms with van der Waals surface area (Å²) < 4.78 is 19.0. The molecule has 1 aliphatic carbocycles. The Labute approximate surface area is 92.7 Å². The van der Waals surface area contributed by atoms with Crippen LogP contribution in [-0.4, -0.2) is 6.10 Å². The van der Waals surface area contributed by atoms with Crippen molar-refractivity contribution in [1.29, 1.82) is 0 Å². The molecule has 0 amide bonds. The fourth-order valence-corrected chi connectivity index (χ4v) is 1.92. The van der Waals surface area contributed by atoms with Gasteiger partial charge in [-0.05, 0) is 43.3 Å². The molecule has 0 unspecified atom stereocenters. The van der Waals surface area contributed by atoms with Gasteiger partial charge in [-0.25, -0.2) is 4.39 Å². The lowest BCUT2D eigenvalue weighted by Gasteiger charge is -2.14. The van der Waals surface area contributed by atoms with E-state index in [4.69, 9.17) is 10.3 Å². The van der Waals surface area contributed by atoms with E-state index in [1.165, 1.54) is 6.07 Å². The van der Waals surface area contributed by atoms with Gasteiger partial charge >= 0.3 is 0 Å². The summed E-state index contributed by atoms with van der Waals surface area (Å²) in [6.07, 6.45) is 4.35. The second kappa shape index (κ2) is 4.86. The Kier molecular flexibility index (Phi) is 3.27. The van der Waals surface area contributed by atoms with Crippen LogP contribution in [0.15, 0.2) is 23.3 Å². The number of hydrogen-bond acceptors (Lipinski definition) is 2. The van der Waals surface area contributed by atoms with Crippen molar-refractivity contribution in [3.8, 4) is 5.75 Å². The zero-order valence-corrected chi connectivity index (χ0v) is 8.77. The van der Waals surface area contributed by atoms with E-state index in [1.807, 2.05) is 0 Å². The Bertz CT molecular complexity index is 423. The van der Waals surface area contributed by atoms with Gasteiger partial charge in [-0.15, -0.1) is 0 Å². The van der Waals surface area contributed by atoms with Crippen LogP contribution in [0.1, 0.15) is 25.7 Å². The molecule has 84 valence electrons. The van der Waals surface area contributed by atoms with E-state index in [9.17, 15) is 4.39 Å². The maximum atomic E-state index is 13.4. The number of nitrogens with zero attached hydrogens (tertiary/aromatic N) is 3. The highest BCUT2D eigenvalue weighted by Gasteiger charge is 2.18. The summed E-state index contributed by atoms with van der Waals surface area (Å²) in [4.78, 5) is 2.61. The second-order valence-electron chi connectivity index (χ2n) is 3.80. The molecule has 16 heavy (non-hydrogen) atoms. The highest BCUT2D eigenvalue weighted by atomic mass is 19.1. The number of ether oxygens (including phenoxy) is 1. The molecule has 0 aliphatic heterocycles. The summed E-state index contributed by atoms with van der Waals surface area (Å²) >= 11 is 0. The molecule has 4 nitrogen and oxygen atoms in total. The normalized spacial score (nSPS) is 15.8. The molecule has 1 saturated carbocycles. The topological polar surface area (TPSA) is 58.0 Å². The van der Waals surface area contributed by atoms with E-state index in [0.717, 1.165) is 25.7 Å². The first-order valence-electron chi connectivity index (χ1n) is 5.31. The fourth-order valence-electron chi connectivity index (χ4n) is 1.92. The van der Waals surface area contributed by atoms with E-state index >= 15 is 0 Å². The molecule has 1 fully saturated rings. The van der Waals surface area contributed by atoms with Crippen LogP contribution in [0.5, 0.6) is 5.75 Å². The number of azide groups is 1. The largest absolute Gasteiger partial charge is 0.490 e. The summed E-state index contributed by atoms with van der Waals surface area (Å²) in [5.74, 6) is -0.210. The zero-order chi connectivity index (χ0) is 11.4. The van der Waals surface area contributed by atoms with Crippen molar-refractivity contribution in [3.63, 3.8) is 0 Å². The van der Waals surface area contributed by atoms with Crippen LogP contribution >= 0.6 is 0 Å². The molecule has 5 heteroatoms. The molecule has 1 aromatic carbocycles. The van der Waals surface area contributed by atoms with Crippen LogP contribution in [-0.2, 0) is 0 Å². The Hall–Kier alpha value is -1.74. The third-order valence-corrected chi connectivity index (χ3v) is 2.69. The van der Waals surface area contributed by atoms with Gasteiger partial charge < -0.3 is 4.74 Å². The van der Waals surface area contributed by atoms with Gasteiger partial charge in [-0.2, -0.15) is 0 Å². The Morgan fingerprint density at radius 2 is 2.12 bits per heavy atom. The third kappa shape index (κ3) is 2.25. The molecule has 2 rings (SSSR count). The van der Waals surface area contributed by atoms with Crippen molar-refractivity contribution < 1.29 is 9.13 Å². The molecule has 0 radical (unpaired) electrons. The van der Waals surface area contributed by atoms with Crippen molar-refractivity contribution in [2.24, 2.45) is 5.11 Å². The van der Waals surface area contributed by atoms with Gasteiger partial charge in [-0.1, -0.05) is 11.2 Å². The molecular weight excluding hydrogens is 209 g/mol. The lowest BCUT2D eigenvalue weighted by Crippen LogP contribution is -2.11. The molecular formula is C11H12FN3O. The van der Waals surface area contributed by atoms with Crippen LogP contribution in [0.3, 0.4) is 0 Å². The van der Waals surface area contributed by atoms with E-state index in [0.29, 0.717) is 5.75 Å². The Balaban J connectivity index is 2.24. The van der Waals surface area contributed by atoms with Gasteiger partial charge in [0, 0.05) is 4.91 Å². The van der Waals surface area contributed by atoms with Gasteiger partial charge in [0.25, 0.3) is 0 Å². The van der Waals surface area contributed by atoms with Gasteiger partial charge in [0.1, 0.15) is 17.3 Å². The first-order chi connectivity index (χ1) is 7.81. The number of benzene rings is 1. The lowest BCUT2D eigenvalue weighted by atomic mass is 10.2. The van der Waals surface area contributed by atoms with Crippen LogP contribution < -0.4 is 4.74 Å². The highest BCUT2D eigenvalue weighted by molar-refractivity contribution is 5.52. The van der Waals surface area contributed by atoms with Crippen molar-refractivity contribution in [2.45, 2.75) is 31.8 Å². The summed E-state index contributed by atoms with van der Waals surface area (Å²) in [6, 6.07) is 4.44. The first kappa shape index (κ1) is 10.8. The molecule has 0 N–H and O–H groups in total. The molecule has 0 spiro atoms. The minimum absolute atomic E-state index is 0.0445. The van der Waals surface area contributed by atoms with E-state index in [-0.39, 0.29) is 11.8 Å². The maximum absolute atomic E-state index is 13.4. The van der Waals surface area contributed by atoms with Gasteiger partial charge in [-0.3, -0.25) is 0 Å². The molecule has 0 heterocycles. The van der Waals surface area contributed by atoms with Gasteiger partial charge in [0.2, 0.25) is 0 Å². The molecule has 1 aromatic rings. The second-order valence-corrected chi connectivity index (χ2v) is 3.80. The smallest absolute Gasteiger partial charge is 0.136 e. The predicted octanol–water partition coefficient (Wildman–Crippen LogP) is 4.09. The SMILES string of the molecule is [N-]=[N+]=Nc1c(F)cccc1OC1CCCC1. The predicted molar refractivity (Wildman–Crippen MR) is 58.1 cm³/mol. The highest BCUT2D eigenvalue weighted by Crippen LogP contribution is 2.33. The van der Waals surface area contributed by atoms with E-state index in [1.54, 1.807) is 12.1 Å². The van der Waals surface area contributed by atoms with Crippen LogP contribution in [0, 0.1) is 5.82 Å². The van der Waals surface area contributed by atoms with E-state index in [2.05, 4.69) is 10.0 Å². The fraction of sp³-hybridized carbons (Fsp3) is 0.455. The Morgan fingerprint density at radius 1 is 1.38 bits per heavy atom. The first-order valence-corrected chi connectivity index (χ1v) is 5.31. The van der Waals surface area contributed by atoms with Crippen LogP contribution in [0.2, 0.25) is 0 Å². The Morgan fingerprint density at radius 3 is 2.81 bits per heavy atom. The van der Waals surface area contributed by atoms with Crippen molar-refractivity contribution in [2.75, 3.05) is 0 Å². The quantitative estimate of drug-likeness (QED) is 0.430. The van der Waals surface area contributed by atoms with Crippen molar-refractivity contribution in [3.05, 3.63) is 34.5 Å². The summed E-state index contributed by atoms with van der Waals surface area (Å²) in [7, 11) is 0. The third-order valence-electron chi connectivity index (χ3n) is 2.69. The lowest BCUT2D eigenvalue weighted by molar-refractivity contribution is 0.210. The number of hydrogen-bond donors (Lipinski definition) is 0. The summed E-state index contributed by atoms with van der Waals surface area (Å²) in [6.45, 7) is 0. The van der Waals surface area contributed by atoms with Crippen molar-refractivity contribution >= 4 is 5.69 Å². The minimum Gasteiger partial charge on any atom is -0.490 e. The number of halogens is 1. The number of rotatable bonds is 3. The zero-order valence-electron chi connectivity index (χ0n) is 8.77. The minimum atomic E-state index is -0.548. The monoisotopic (exact) mass is 221 g/mol. The summed E-state index contributed by atoms with van der Waals surface area (Å²) in [5.41, 5.74) is 8.32. The van der Waals surface area contributed by atoms with Crippen LogP contribution in [0.25, 0.3) is 10.4 Å². The molecule has 0 atom stereocenters. The standard InChI is InChI=1S/C11H12FN3O/c12-9-6-3-7-10(11(9)14-15-13)16-8-4-1-2-5-8/h3,6-8H,1-2,4-5H2. The molecule has 0 bridgehead atoms. The maximum Gasteiger partial charge on any atom is 0.136 e. The average Bonchev–Trinajstić information content (AvgIpc) is 2.76. The average molecular weight is 221 g/mol. The summed E-state index contributed by atoms with van der Waals surface area (Å²) in [5, 5.41) is 3.33.